The minimum atomic E-state index is -4.21. The summed E-state index contributed by atoms with van der Waals surface area (Å²) in [4.78, 5) is 40.9. The quantitative estimate of drug-likeness (QED) is 0.208. The zero-order valence-corrected chi connectivity index (χ0v) is 19.1. The number of aromatic amines is 1. The van der Waals surface area contributed by atoms with Gasteiger partial charge in [-0.25, -0.2) is 9.48 Å². The van der Waals surface area contributed by atoms with E-state index >= 15 is 0 Å². The molecule has 0 aliphatic heterocycles. The summed E-state index contributed by atoms with van der Waals surface area (Å²) in [6, 6.07) is 7.42. The standard InChI is InChI=1S/C20H23FN5O8P/c21-9-13(10-26-7-6-14-17(26)23-20(22)24-18(14)29)33-11-35(32,34-12-4-2-1-3-5-12)25-15(19(30)31)8-16(27)28/h1-7,13,15H,8-11H2,(H,25,32)(H,27,28)(H,30,31)(H3,22,23,24,29)/t13-,15-,35?/m0/s1. The molecule has 13 nitrogen and oxygen atoms in total. The maximum Gasteiger partial charge on any atom is 0.342 e. The van der Waals surface area contributed by atoms with E-state index in [1.54, 1.807) is 18.2 Å². The molecule has 0 amide bonds. The zero-order valence-electron chi connectivity index (χ0n) is 18.2. The Bertz CT molecular complexity index is 1300. The van der Waals surface area contributed by atoms with Gasteiger partial charge in [-0.3, -0.25) is 23.9 Å². The number of fused-ring (bicyclic) bond motifs is 1. The van der Waals surface area contributed by atoms with Crippen molar-refractivity contribution in [1.29, 1.82) is 0 Å². The molecule has 0 aliphatic rings. The van der Waals surface area contributed by atoms with Gasteiger partial charge in [0.15, 0.2) is 0 Å². The number of ether oxygens (including phenoxy) is 1. The lowest BCUT2D eigenvalue weighted by molar-refractivity contribution is -0.145. The van der Waals surface area contributed by atoms with Gasteiger partial charge in [-0.05, 0) is 18.2 Å². The number of hydrogen-bond donors (Lipinski definition) is 5. The molecule has 0 radical (unpaired) electrons. The minimum Gasteiger partial charge on any atom is -0.481 e. The summed E-state index contributed by atoms with van der Waals surface area (Å²) in [5.74, 6) is -3.05. The summed E-state index contributed by atoms with van der Waals surface area (Å²) >= 11 is 0. The number of para-hydroxylation sites is 1. The molecule has 2 aromatic heterocycles. The molecular formula is C20H23FN5O8P. The molecule has 3 rings (SSSR count). The van der Waals surface area contributed by atoms with E-state index in [4.69, 9.17) is 20.1 Å². The van der Waals surface area contributed by atoms with E-state index in [-0.39, 0.29) is 29.3 Å². The van der Waals surface area contributed by atoms with Crippen LogP contribution in [0.3, 0.4) is 0 Å². The number of rotatable bonds is 13. The number of halogens is 1. The number of carbonyl (C=O) groups is 2. The van der Waals surface area contributed by atoms with Crippen molar-refractivity contribution in [1.82, 2.24) is 19.6 Å². The Morgan fingerprint density at radius 2 is 1.97 bits per heavy atom. The van der Waals surface area contributed by atoms with Gasteiger partial charge in [-0.2, -0.15) is 4.98 Å². The van der Waals surface area contributed by atoms with Crippen molar-refractivity contribution in [3.8, 4) is 5.75 Å². The number of anilines is 1. The van der Waals surface area contributed by atoms with Crippen molar-refractivity contribution in [3.05, 3.63) is 52.9 Å². The fourth-order valence-electron chi connectivity index (χ4n) is 3.15. The molecule has 2 heterocycles. The van der Waals surface area contributed by atoms with E-state index in [1.807, 2.05) is 0 Å². The van der Waals surface area contributed by atoms with E-state index < -0.39 is 56.6 Å². The van der Waals surface area contributed by atoms with Gasteiger partial charge in [0.05, 0.1) is 18.4 Å². The topological polar surface area (TPSA) is 199 Å². The number of benzene rings is 1. The molecule has 0 aliphatic carbocycles. The smallest absolute Gasteiger partial charge is 0.342 e. The number of nitrogens with zero attached hydrogens (tertiary/aromatic N) is 2. The van der Waals surface area contributed by atoms with Crippen LogP contribution in [0.1, 0.15) is 6.42 Å². The lowest BCUT2D eigenvalue weighted by Crippen LogP contribution is -2.39. The molecule has 35 heavy (non-hydrogen) atoms. The van der Waals surface area contributed by atoms with Gasteiger partial charge in [0.2, 0.25) is 5.95 Å². The first kappa shape index (κ1) is 25.9. The Morgan fingerprint density at radius 1 is 1.26 bits per heavy atom. The second-order valence-electron chi connectivity index (χ2n) is 7.42. The summed E-state index contributed by atoms with van der Waals surface area (Å²) in [5.41, 5.74) is 5.28. The first-order valence-corrected chi connectivity index (χ1v) is 12.0. The molecule has 6 N–H and O–H groups in total. The Balaban J connectivity index is 1.80. The Kier molecular flexibility index (Phi) is 8.22. The van der Waals surface area contributed by atoms with Crippen LogP contribution in [0, 0.1) is 0 Å². The normalized spacial score (nSPS) is 14.8. The van der Waals surface area contributed by atoms with Crippen molar-refractivity contribution in [3.63, 3.8) is 0 Å². The number of carboxylic acid groups (broad SMARTS) is 2. The molecule has 0 saturated carbocycles. The molecule has 3 atom stereocenters. The third-order valence-electron chi connectivity index (χ3n) is 4.72. The van der Waals surface area contributed by atoms with Crippen molar-refractivity contribution in [2.24, 2.45) is 0 Å². The highest BCUT2D eigenvalue weighted by molar-refractivity contribution is 7.57. The molecule has 3 aromatic rings. The Morgan fingerprint density at radius 3 is 2.60 bits per heavy atom. The lowest BCUT2D eigenvalue weighted by Gasteiger charge is -2.25. The van der Waals surface area contributed by atoms with Crippen LogP contribution >= 0.6 is 7.52 Å². The molecule has 1 aromatic carbocycles. The number of H-pyrrole nitrogens is 1. The van der Waals surface area contributed by atoms with E-state index in [0.29, 0.717) is 0 Å². The van der Waals surface area contributed by atoms with Gasteiger partial charge in [0.25, 0.3) is 5.56 Å². The average Bonchev–Trinajstić information content (AvgIpc) is 3.19. The third-order valence-corrected chi connectivity index (χ3v) is 6.42. The second kappa shape index (κ2) is 11.1. The maximum absolute atomic E-state index is 13.8. The Labute approximate surface area is 197 Å². The summed E-state index contributed by atoms with van der Waals surface area (Å²) in [5, 5.41) is 20.8. The number of nitrogens with two attached hydrogens (primary N) is 1. The monoisotopic (exact) mass is 511 g/mol. The summed E-state index contributed by atoms with van der Waals surface area (Å²) in [6.07, 6.45) is -1.40. The molecule has 0 saturated heterocycles. The van der Waals surface area contributed by atoms with Gasteiger partial charge in [-0.15, -0.1) is 0 Å². The first-order chi connectivity index (χ1) is 16.6. The zero-order chi connectivity index (χ0) is 25.6. The van der Waals surface area contributed by atoms with Gasteiger partial charge in [-0.1, -0.05) is 18.2 Å². The average molecular weight is 511 g/mol. The lowest BCUT2D eigenvalue weighted by atomic mass is 10.2. The minimum absolute atomic E-state index is 0.0958. The third kappa shape index (κ3) is 6.88. The van der Waals surface area contributed by atoms with Gasteiger partial charge in [0, 0.05) is 6.20 Å². The highest BCUT2D eigenvalue weighted by Gasteiger charge is 2.34. The van der Waals surface area contributed by atoms with Crippen molar-refractivity contribution >= 4 is 36.4 Å². The summed E-state index contributed by atoms with van der Waals surface area (Å²) < 4.78 is 39.6. The molecule has 0 fully saturated rings. The van der Waals surface area contributed by atoms with Crippen LogP contribution in [-0.2, 0) is 25.4 Å². The van der Waals surface area contributed by atoms with E-state index in [2.05, 4.69) is 15.1 Å². The fraction of sp³-hybridized carbons (Fsp3) is 0.300. The first-order valence-electron chi connectivity index (χ1n) is 10.2. The van der Waals surface area contributed by atoms with Crippen LogP contribution in [0.5, 0.6) is 5.75 Å². The number of hydrogen-bond acceptors (Lipinski definition) is 8. The van der Waals surface area contributed by atoms with Crippen LogP contribution in [-0.4, -0.2) is 61.9 Å². The van der Waals surface area contributed by atoms with Crippen LogP contribution < -0.4 is 20.9 Å². The predicted octanol–water partition coefficient (Wildman–Crippen LogP) is 1.41. The molecule has 0 bridgehead atoms. The van der Waals surface area contributed by atoms with Crippen molar-refractivity contribution in [2.75, 3.05) is 18.8 Å². The molecular weight excluding hydrogens is 488 g/mol. The number of aliphatic carboxylic acids is 2. The van der Waals surface area contributed by atoms with Crippen molar-refractivity contribution < 1.29 is 38.0 Å². The van der Waals surface area contributed by atoms with Crippen LogP contribution in [0.4, 0.5) is 10.3 Å². The summed E-state index contributed by atoms with van der Waals surface area (Å²) in [6.45, 7) is -1.19. The number of aromatic nitrogens is 3. The highest BCUT2D eigenvalue weighted by atomic mass is 31.2. The van der Waals surface area contributed by atoms with E-state index in [9.17, 15) is 28.4 Å². The number of alkyl halides is 1. The second-order valence-corrected chi connectivity index (χ2v) is 9.47. The Hall–Kier alpha value is -3.74. The van der Waals surface area contributed by atoms with Crippen LogP contribution in [0.15, 0.2) is 47.4 Å². The number of nitrogens with one attached hydrogen (secondary N) is 2. The largest absolute Gasteiger partial charge is 0.481 e. The van der Waals surface area contributed by atoms with Gasteiger partial charge < -0.3 is 29.8 Å². The molecule has 1 unspecified atom stereocenters. The van der Waals surface area contributed by atoms with Crippen LogP contribution in [0.25, 0.3) is 11.0 Å². The predicted molar refractivity (Wildman–Crippen MR) is 122 cm³/mol. The summed E-state index contributed by atoms with van der Waals surface area (Å²) in [7, 11) is -4.21. The van der Waals surface area contributed by atoms with Crippen LogP contribution in [0.2, 0.25) is 0 Å². The fourth-order valence-corrected chi connectivity index (χ4v) is 4.88. The number of carboxylic acids is 2. The van der Waals surface area contributed by atoms with Gasteiger partial charge >= 0.3 is 19.5 Å². The van der Waals surface area contributed by atoms with Crippen molar-refractivity contribution in [2.45, 2.75) is 25.1 Å². The SMILES string of the molecule is Nc1nc2c(ccn2C[C@H](CF)OCP(=O)(N[C@@H](CC(=O)O)C(=O)O)Oc2ccccc2)c(=O)[nH]1. The van der Waals surface area contributed by atoms with E-state index in [1.165, 1.54) is 29.0 Å². The van der Waals surface area contributed by atoms with E-state index in [0.717, 1.165) is 0 Å². The molecule has 188 valence electrons. The molecule has 15 heteroatoms. The molecule has 0 spiro atoms. The van der Waals surface area contributed by atoms with Gasteiger partial charge in [0.1, 0.15) is 36.6 Å². The number of nitrogen functional groups attached to an aromatic ring is 1. The highest BCUT2D eigenvalue weighted by Crippen LogP contribution is 2.44. The maximum atomic E-state index is 13.8.